The van der Waals surface area contributed by atoms with Crippen LogP contribution in [-0.2, 0) is 27.9 Å². The molecule has 0 aliphatic carbocycles. The average Bonchev–Trinajstić information content (AvgIpc) is 3.64. The number of carbonyl (C=O) groups excluding carboxylic acids is 2. The molecule has 1 amide bonds. The van der Waals surface area contributed by atoms with Gasteiger partial charge >= 0.3 is 13.8 Å². The van der Waals surface area contributed by atoms with Gasteiger partial charge in [-0.1, -0.05) is 270 Å². The third kappa shape index (κ3) is 62.7. The van der Waals surface area contributed by atoms with E-state index in [1.54, 1.807) is 0 Å². The lowest BCUT2D eigenvalue weighted by Gasteiger charge is -2.27. The number of hydrogen-bond donors (Lipinski definition) is 2. The number of unbranched alkanes of at least 4 members (excludes halogenated alkanes) is 24. The molecule has 0 heterocycles. The van der Waals surface area contributed by atoms with Crippen LogP contribution in [0.5, 0.6) is 0 Å². The maximum Gasteiger partial charge on any atom is 0.472 e. The fourth-order valence-corrected chi connectivity index (χ4v) is 9.91. The van der Waals surface area contributed by atoms with Crippen LogP contribution < -0.4 is 5.32 Å². The number of nitrogens with one attached hydrogen (secondary N) is 1. The highest BCUT2D eigenvalue weighted by atomic mass is 31.2. The Kier molecular flexibility index (Phi) is 59.4. The summed E-state index contributed by atoms with van der Waals surface area (Å²) >= 11 is 0. The molecule has 3 unspecified atom stereocenters. The summed E-state index contributed by atoms with van der Waals surface area (Å²) in [5.74, 6) is -0.552. The quantitative estimate of drug-likeness (QED) is 0.0205. The lowest BCUT2D eigenvalue weighted by molar-refractivity contribution is -0.870. The Morgan fingerprint density at radius 3 is 1.15 bits per heavy atom. The summed E-state index contributed by atoms with van der Waals surface area (Å²) in [7, 11) is 1.46. The molecule has 0 fully saturated rings. The highest BCUT2D eigenvalue weighted by Gasteiger charge is 2.30. The highest BCUT2D eigenvalue weighted by Crippen LogP contribution is 2.43. The number of carbonyl (C=O) groups is 2. The Morgan fingerprint density at radius 2 is 0.762 bits per heavy atom. The first-order valence-electron chi connectivity index (χ1n) is 34.0. The van der Waals surface area contributed by atoms with E-state index in [-0.39, 0.29) is 31.5 Å². The number of rotatable bonds is 60. The molecule has 0 aliphatic rings. The molecule has 0 aliphatic heterocycles. The van der Waals surface area contributed by atoms with Crippen LogP contribution in [0, 0.1) is 0 Å². The number of nitrogens with zero attached hydrogens (tertiary/aromatic N) is 1. The van der Waals surface area contributed by atoms with Crippen molar-refractivity contribution in [3.8, 4) is 0 Å². The molecule has 3 atom stereocenters. The van der Waals surface area contributed by atoms with Gasteiger partial charge in [-0.3, -0.25) is 18.6 Å². The van der Waals surface area contributed by atoms with Crippen molar-refractivity contribution in [2.24, 2.45) is 0 Å². The van der Waals surface area contributed by atoms with E-state index in [4.69, 9.17) is 13.8 Å². The van der Waals surface area contributed by atoms with E-state index in [1.165, 1.54) is 96.3 Å². The summed E-state index contributed by atoms with van der Waals surface area (Å²) in [4.78, 5) is 37.8. The van der Waals surface area contributed by atoms with Crippen molar-refractivity contribution in [2.45, 2.75) is 283 Å². The predicted molar refractivity (Wildman–Crippen MR) is 364 cm³/mol. The molecule has 10 heteroatoms. The molecule has 0 aromatic heterocycles. The maximum absolute atomic E-state index is 13.6. The van der Waals surface area contributed by atoms with Gasteiger partial charge in [0.05, 0.1) is 33.8 Å². The second kappa shape index (κ2) is 62.2. The van der Waals surface area contributed by atoms with Gasteiger partial charge in [-0.2, -0.15) is 0 Å². The van der Waals surface area contributed by atoms with Crippen molar-refractivity contribution in [1.82, 2.24) is 5.32 Å². The van der Waals surface area contributed by atoms with E-state index >= 15 is 0 Å². The van der Waals surface area contributed by atoms with E-state index in [9.17, 15) is 19.0 Å². The molecular weight excluding hydrogens is 1060 g/mol. The fourth-order valence-electron chi connectivity index (χ4n) is 9.17. The topological polar surface area (TPSA) is 111 Å². The molecule has 0 saturated heterocycles. The summed E-state index contributed by atoms with van der Waals surface area (Å²) in [6, 6.07) is -0.874. The smallest absolute Gasteiger partial charge is 0.456 e. The van der Waals surface area contributed by atoms with Crippen LogP contribution in [0.4, 0.5) is 0 Å². The number of quaternary nitrogens is 1. The number of hydrogen-bond acceptors (Lipinski definition) is 6. The number of allylic oxidation sites excluding steroid dienone is 21. The van der Waals surface area contributed by atoms with Crippen molar-refractivity contribution < 1.29 is 37.3 Å². The van der Waals surface area contributed by atoms with Gasteiger partial charge in [0.25, 0.3) is 0 Å². The molecule has 0 aromatic carbocycles. The van der Waals surface area contributed by atoms with E-state index in [1.807, 2.05) is 33.3 Å². The van der Waals surface area contributed by atoms with Gasteiger partial charge in [-0.05, 0) is 122 Å². The van der Waals surface area contributed by atoms with Crippen molar-refractivity contribution in [2.75, 3.05) is 40.9 Å². The summed E-state index contributed by atoms with van der Waals surface area (Å²) in [5.41, 5.74) is 0. The first-order chi connectivity index (χ1) is 40.9. The highest BCUT2D eigenvalue weighted by molar-refractivity contribution is 7.47. The van der Waals surface area contributed by atoms with Crippen LogP contribution in [-0.4, -0.2) is 74.3 Å². The maximum atomic E-state index is 13.6. The number of ether oxygens (including phenoxy) is 1. The molecule has 0 radical (unpaired) electrons. The summed E-state index contributed by atoms with van der Waals surface area (Å²) in [6.07, 6.45) is 88.9. The predicted octanol–water partition coefficient (Wildman–Crippen LogP) is 21.6. The van der Waals surface area contributed by atoms with Gasteiger partial charge < -0.3 is 19.4 Å². The molecule has 0 bridgehead atoms. The zero-order valence-corrected chi connectivity index (χ0v) is 55.7. The zero-order chi connectivity index (χ0) is 61.4. The second-order valence-corrected chi connectivity index (χ2v) is 25.0. The van der Waals surface area contributed by atoms with Crippen molar-refractivity contribution in [3.63, 3.8) is 0 Å². The lowest BCUT2D eigenvalue weighted by Crippen LogP contribution is -2.47. The van der Waals surface area contributed by atoms with Gasteiger partial charge in [0.15, 0.2) is 0 Å². The normalized spacial score (nSPS) is 14.4. The first kappa shape index (κ1) is 80.2. The third-order valence-corrected chi connectivity index (χ3v) is 15.3. The van der Waals surface area contributed by atoms with Crippen LogP contribution in [0.1, 0.15) is 271 Å². The Balaban J connectivity index is 5.15. The third-order valence-electron chi connectivity index (χ3n) is 14.3. The monoisotopic (exact) mass is 1190 g/mol. The van der Waals surface area contributed by atoms with Crippen molar-refractivity contribution >= 4 is 19.7 Å². The molecule has 84 heavy (non-hydrogen) atoms. The molecule has 480 valence electrons. The second-order valence-electron chi connectivity index (χ2n) is 23.6. The standard InChI is InChI=1S/C74H127N2O7P/c1-7-10-13-16-19-22-25-28-30-32-34-35-36-37-38-39-40-41-43-44-46-48-51-54-57-60-63-66-73(77)75-71(70-82-84(79,80)81-69-68-76(4,5)6)72(65-62-59-56-53-50-27-24-21-18-15-12-9-3)83-74(78)67-64-61-58-55-52-49-47-45-42-33-31-29-26-23-20-17-14-11-8-2/h10-11,13-14,19-20,22-23,28-31,34-35,37-38,42,45,49,52,62,65,71-72H,7-9,12,15-18,21,24-27,32-33,36,39-41,43-44,46-48,50-51,53-61,63-64,66-70H2,1-6H3,(H-,75,77,79,80)/p+1/b13-10-,14-11-,22-19-,23-20-,30-28-,31-29-,35-34-,38-37-,45-42-,52-49-,65-62-. The Hall–Kier alpha value is -3.85. The molecule has 0 aromatic rings. The SMILES string of the molecule is CC/C=C\C/C=C\C/C=C\C/C=C\C/C=C\CCCCCCCCCCCCCC(=O)NC(COP(=O)(O)OCC[N+](C)(C)C)C(/C=C\CCCCCCCCCCCC)OC(=O)CCCCC/C=C\C/C=C\C/C=C\C/C=C\C/C=C\CC. The van der Waals surface area contributed by atoms with Crippen LogP contribution in [0.2, 0.25) is 0 Å². The number of amides is 1. The zero-order valence-electron chi connectivity index (χ0n) is 54.8. The largest absolute Gasteiger partial charge is 0.472 e. The van der Waals surface area contributed by atoms with Crippen molar-refractivity contribution in [3.05, 3.63) is 134 Å². The molecular formula is C74H128N2O7P+. The molecule has 9 nitrogen and oxygen atoms in total. The number of phosphoric acid groups is 1. The molecule has 0 spiro atoms. The molecule has 0 saturated carbocycles. The number of likely N-dealkylation sites (N-methyl/N-ethyl adjacent to an activating group) is 1. The van der Waals surface area contributed by atoms with Crippen molar-refractivity contribution in [1.29, 1.82) is 0 Å². The number of phosphoric ester groups is 1. The Labute approximate surface area is 517 Å². The Bertz CT molecular complexity index is 1900. The van der Waals surface area contributed by atoms with Gasteiger partial charge in [0.1, 0.15) is 19.3 Å². The molecule has 2 N–H and O–H groups in total. The van der Waals surface area contributed by atoms with Crippen LogP contribution in [0.25, 0.3) is 0 Å². The minimum atomic E-state index is -4.47. The van der Waals surface area contributed by atoms with E-state index in [0.29, 0.717) is 23.9 Å². The summed E-state index contributed by atoms with van der Waals surface area (Å²) in [6.45, 7) is 6.76. The van der Waals surface area contributed by atoms with Crippen LogP contribution in [0.3, 0.4) is 0 Å². The first-order valence-corrected chi connectivity index (χ1v) is 35.5. The van der Waals surface area contributed by atoms with Crippen LogP contribution in [0.15, 0.2) is 134 Å². The van der Waals surface area contributed by atoms with Gasteiger partial charge in [-0.25, -0.2) is 4.57 Å². The average molecular weight is 1190 g/mol. The minimum Gasteiger partial charge on any atom is -0.456 e. The fraction of sp³-hybridized carbons (Fsp3) is 0.676. The number of esters is 1. The van der Waals surface area contributed by atoms with Gasteiger partial charge in [-0.15, -0.1) is 0 Å². The molecule has 0 rings (SSSR count). The van der Waals surface area contributed by atoms with Gasteiger partial charge in [0, 0.05) is 12.8 Å². The van der Waals surface area contributed by atoms with E-state index < -0.39 is 20.0 Å². The summed E-state index contributed by atoms with van der Waals surface area (Å²) < 4.78 is 30.7. The minimum absolute atomic E-state index is 0.0273. The van der Waals surface area contributed by atoms with E-state index in [2.05, 4.69) is 148 Å². The Morgan fingerprint density at radius 1 is 0.429 bits per heavy atom. The van der Waals surface area contributed by atoms with E-state index in [0.717, 1.165) is 135 Å². The summed E-state index contributed by atoms with van der Waals surface area (Å²) in [5, 5.41) is 3.05. The van der Waals surface area contributed by atoms with Gasteiger partial charge in [0.2, 0.25) is 5.91 Å². The van der Waals surface area contributed by atoms with Crippen LogP contribution >= 0.6 is 7.82 Å². The lowest BCUT2D eigenvalue weighted by atomic mass is 10.0.